The highest BCUT2D eigenvalue weighted by atomic mass is 31.2. The average molecular weight is 347 g/mol. The largest absolute Gasteiger partial charge is 0.242 e. The lowest BCUT2D eigenvalue weighted by atomic mass is 10.3. The SMILES string of the molecule is c1ccc([P+](OC2CCCC2)(c2ccccc2)c2ccccc2)cc1. The van der Waals surface area contributed by atoms with Crippen LogP contribution in [-0.2, 0) is 4.52 Å². The molecule has 0 heterocycles. The molecule has 3 aromatic carbocycles. The Hall–Kier alpha value is -1.95. The molecule has 0 aliphatic heterocycles. The Balaban J connectivity index is 1.93. The van der Waals surface area contributed by atoms with Crippen molar-refractivity contribution >= 4 is 23.4 Å². The lowest BCUT2D eigenvalue weighted by Crippen LogP contribution is -2.35. The van der Waals surface area contributed by atoms with E-state index < -0.39 is 7.49 Å². The molecule has 25 heavy (non-hydrogen) atoms. The molecule has 1 nitrogen and oxygen atoms in total. The Morgan fingerprint density at radius 2 is 0.920 bits per heavy atom. The Bertz CT molecular complexity index is 683. The normalized spacial score (nSPS) is 15.4. The van der Waals surface area contributed by atoms with Crippen LogP contribution in [0.5, 0.6) is 0 Å². The molecule has 4 rings (SSSR count). The highest BCUT2D eigenvalue weighted by Gasteiger charge is 2.50. The van der Waals surface area contributed by atoms with E-state index >= 15 is 0 Å². The van der Waals surface area contributed by atoms with Crippen LogP contribution < -0.4 is 15.9 Å². The zero-order valence-corrected chi connectivity index (χ0v) is 15.3. The van der Waals surface area contributed by atoms with Gasteiger partial charge in [0.25, 0.3) is 0 Å². The third-order valence-corrected chi connectivity index (χ3v) is 8.66. The first-order valence-corrected chi connectivity index (χ1v) is 10.8. The maximum Gasteiger partial charge on any atom is 0.242 e. The zero-order chi connectivity index (χ0) is 17.0. The molecule has 1 aliphatic carbocycles. The van der Waals surface area contributed by atoms with E-state index in [1.165, 1.54) is 41.6 Å². The van der Waals surface area contributed by atoms with Crippen molar-refractivity contribution in [3.8, 4) is 0 Å². The third kappa shape index (κ3) is 3.27. The van der Waals surface area contributed by atoms with Gasteiger partial charge in [-0.2, -0.15) is 0 Å². The monoisotopic (exact) mass is 347 g/mol. The maximum atomic E-state index is 7.07. The van der Waals surface area contributed by atoms with Crippen LogP contribution in [0, 0.1) is 0 Å². The summed E-state index contributed by atoms with van der Waals surface area (Å²) in [4.78, 5) is 0. The molecule has 1 saturated carbocycles. The maximum absolute atomic E-state index is 7.07. The van der Waals surface area contributed by atoms with Gasteiger partial charge in [0, 0.05) is 0 Å². The molecule has 0 amide bonds. The predicted molar refractivity (Wildman–Crippen MR) is 108 cm³/mol. The van der Waals surface area contributed by atoms with E-state index in [-0.39, 0.29) is 0 Å². The molecule has 1 fully saturated rings. The van der Waals surface area contributed by atoms with Crippen molar-refractivity contribution in [2.75, 3.05) is 0 Å². The van der Waals surface area contributed by atoms with E-state index in [4.69, 9.17) is 4.52 Å². The summed E-state index contributed by atoms with van der Waals surface area (Å²) in [5.74, 6) is 0. The minimum Gasteiger partial charge on any atom is -0.218 e. The van der Waals surface area contributed by atoms with Gasteiger partial charge in [0.05, 0.1) is 0 Å². The second kappa shape index (κ2) is 7.52. The van der Waals surface area contributed by atoms with Crippen molar-refractivity contribution in [1.29, 1.82) is 0 Å². The van der Waals surface area contributed by atoms with Gasteiger partial charge >= 0.3 is 0 Å². The van der Waals surface area contributed by atoms with Gasteiger partial charge in [0.2, 0.25) is 7.49 Å². The van der Waals surface area contributed by atoms with Crippen LogP contribution >= 0.6 is 7.49 Å². The van der Waals surface area contributed by atoms with Gasteiger partial charge in [-0.25, -0.2) is 4.52 Å². The van der Waals surface area contributed by atoms with Crippen molar-refractivity contribution in [3.63, 3.8) is 0 Å². The molecular weight excluding hydrogens is 323 g/mol. The molecule has 0 N–H and O–H groups in total. The second-order valence-electron chi connectivity index (χ2n) is 6.63. The molecule has 0 spiro atoms. The molecule has 0 saturated heterocycles. The molecule has 0 unspecified atom stereocenters. The summed E-state index contributed by atoms with van der Waals surface area (Å²) < 4.78 is 7.07. The van der Waals surface area contributed by atoms with Crippen molar-refractivity contribution in [2.24, 2.45) is 0 Å². The first kappa shape index (κ1) is 16.5. The fourth-order valence-corrected chi connectivity index (χ4v) is 7.45. The first-order chi connectivity index (χ1) is 12.4. The molecule has 1 aliphatic rings. The summed E-state index contributed by atoms with van der Waals surface area (Å²) in [6.45, 7) is 0. The summed E-state index contributed by atoms with van der Waals surface area (Å²) in [7, 11) is -2.10. The van der Waals surface area contributed by atoms with Crippen molar-refractivity contribution < 1.29 is 4.52 Å². The Labute approximate surface area is 151 Å². The third-order valence-electron chi connectivity index (χ3n) is 4.97. The van der Waals surface area contributed by atoms with Gasteiger partial charge in [-0.3, -0.25) is 0 Å². The molecule has 0 radical (unpaired) electrons. The molecule has 0 bridgehead atoms. The van der Waals surface area contributed by atoms with E-state index in [2.05, 4.69) is 91.0 Å². The fraction of sp³-hybridized carbons (Fsp3) is 0.217. The molecule has 0 aromatic heterocycles. The minimum atomic E-state index is -2.10. The van der Waals surface area contributed by atoms with E-state index in [0.29, 0.717) is 6.10 Å². The summed E-state index contributed by atoms with van der Waals surface area (Å²) in [5, 5.41) is 3.91. The van der Waals surface area contributed by atoms with Crippen LogP contribution in [0.15, 0.2) is 91.0 Å². The van der Waals surface area contributed by atoms with E-state index in [1.54, 1.807) is 0 Å². The van der Waals surface area contributed by atoms with E-state index in [9.17, 15) is 0 Å². The lowest BCUT2D eigenvalue weighted by molar-refractivity contribution is 0.236. The quantitative estimate of drug-likeness (QED) is 0.599. The molecule has 2 heteroatoms. The van der Waals surface area contributed by atoms with Gasteiger partial charge in [-0.15, -0.1) is 0 Å². The predicted octanol–water partition coefficient (Wildman–Crippen LogP) is 4.85. The molecule has 126 valence electrons. The summed E-state index contributed by atoms with van der Waals surface area (Å²) in [6.07, 6.45) is 5.27. The fourth-order valence-electron chi connectivity index (χ4n) is 3.76. The van der Waals surface area contributed by atoms with Crippen LogP contribution in [-0.4, -0.2) is 6.10 Å². The second-order valence-corrected chi connectivity index (χ2v) is 9.61. The Kier molecular flexibility index (Phi) is 4.97. The average Bonchev–Trinajstić information content (AvgIpc) is 3.21. The summed E-state index contributed by atoms with van der Waals surface area (Å²) in [5.41, 5.74) is 0. The van der Waals surface area contributed by atoms with Gasteiger partial charge in [-0.05, 0) is 49.2 Å². The van der Waals surface area contributed by atoms with Gasteiger partial charge < -0.3 is 0 Å². The van der Waals surface area contributed by atoms with Gasteiger partial charge in [0.1, 0.15) is 22.0 Å². The van der Waals surface area contributed by atoms with E-state index in [1.807, 2.05) is 0 Å². The number of hydrogen-bond acceptors (Lipinski definition) is 1. The number of rotatable bonds is 5. The van der Waals surface area contributed by atoms with Gasteiger partial charge in [0.15, 0.2) is 0 Å². The van der Waals surface area contributed by atoms with Crippen molar-refractivity contribution in [2.45, 2.75) is 31.8 Å². The standard InChI is InChI=1S/C23H24OP/c1-4-14-21(15-5-1)25(22-16-6-2-7-17-22,23-18-8-3-9-19-23)24-20-12-10-11-13-20/h1-9,14-20H,10-13H2/q+1. The minimum absolute atomic E-state index is 0.356. The summed E-state index contributed by atoms with van der Waals surface area (Å²) >= 11 is 0. The van der Waals surface area contributed by atoms with Crippen LogP contribution in [0.1, 0.15) is 25.7 Å². The molecule has 0 atom stereocenters. The highest BCUT2D eigenvalue weighted by Crippen LogP contribution is 2.58. The van der Waals surface area contributed by atoms with Gasteiger partial charge in [-0.1, -0.05) is 67.4 Å². The molecule has 3 aromatic rings. The zero-order valence-electron chi connectivity index (χ0n) is 14.4. The summed E-state index contributed by atoms with van der Waals surface area (Å²) in [6, 6.07) is 32.5. The van der Waals surface area contributed by atoms with Crippen LogP contribution in [0.4, 0.5) is 0 Å². The molecular formula is C23H24OP+. The highest BCUT2D eigenvalue weighted by molar-refractivity contribution is 7.91. The smallest absolute Gasteiger partial charge is 0.218 e. The van der Waals surface area contributed by atoms with Crippen LogP contribution in [0.3, 0.4) is 0 Å². The number of hydrogen-bond donors (Lipinski definition) is 0. The van der Waals surface area contributed by atoms with Crippen molar-refractivity contribution in [1.82, 2.24) is 0 Å². The number of benzene rings is 3. The topological polar surface area (TPSA) is 9.23 Å². The van der Waals surface area contributed by atoms with Crippen LogP contribution in [0.2, 0.25) is 0 Å². The Morgan fingerprint density at radius 1 is 0.560 bits per heavy atom. The van der Waals surface area contributed by atoms with Crippen molar-refractivity contribution in [3.05, 3.63) is 91.0 Å². The Morgan fingerprint density at radius 3 is 1.28 bits per heavy atom. The lowest BCUT2D eigenvalue weighted by Gasteiger charge is -2.28. The van der Waals surface area contributed by atoms with Crippen LogP contribution in [0.25, 0.3) is 0 Å². The first-order valence-electron chi connectivity index (χ1n) is 9.14. The van der Waals surface area contributed by atoms with E-state index in [0.717, 1.165) is 0 Å².